The van der Waals surface area contributed by atoms with Gasteiger partial charge >= 0.3 is 12.1 Å². The summed E-state index contributed by atoms with van der Waals surface area (Å²) in [4.78, 5) is 86.1. The van der Waals surface area contributed by atoms with E-state index in [9.17, 15) is 50.4 Å². The van der Waals surface area contributed by atoms with Crippen molar-refractivity contribution in [3.8, 4) is 0 Å². The summed E-state index contributed by atoms with van der Waals surface area (Å²) in [6, 6.07) is 9.16. The molecule has 0 aromatic heterocycles. The average Bonchev–Trinajstić information content (AvgIpc) is 3.78. The second kappa shape index (κ2) is 26.4. The molecule has 1 aliphatic rings. The van der Waals surface area contributed by atoms with E-state index in [1.807, 2.05) is 65.3 Å². The van der Waals surface area contributed by atoms with Crippen molar-refractivity contribution < 1.29 is 59.8 Å². The molecule has 3 rings (SSSR count). The molecule has 2 aromatic rings. The van der Waals surface area contributed by atoms with E-state index in [1.165, 1.54) is 26.4 Å². The van der Waals surface area contributed by atoms with Gasteiger partial charge in [0.05, 0.1) is 47.6 Å². The molecule has 6 amide bonds. The van der Waals surface area contributed by atoms with Crippen molar-refractivity contribution in [1.82, 2.24) is 35.4 Å². The fraction of sp³-hybridized carbons (Fsp3) is 0.633. The highest BCUT2D eigenvalue weighted by Gasteiger charge is 2.44. The van der Waals surface area contributed by atoms with E-state index in [2.05, 4.69) is 10.6 Å². The van der Waals surface area contributed by atoms with Crippen LogP contribution in [0.25, 0.3) is 0 Å². The molecule has 392 valence electrons. The Morgan fingerprint density at radius 1 is 0.814 bits per heavy atom. The Kier molecular flexibility index (Phi) is 22.3. The standard InChI is InChI=1S/C49H74F3N7O10S/c1-13-31(6)42(58(10)47(64)40(29(2)3)55-46(63)41(30(4)5)57(8)9)38(68-11)27-39(60)59-25-17-20-37(59)43(69-12)32(7)44(61)54-36(26-33-18-15-14-16-19-33)45(62)56-70(66,67)35-23-21-34(22-24-35)28-53-48(65)49(50,51)52/h14-16,18-19,21-24,29-32,36-38,40-43H,13,17,20,25-28H2,1-12H3,(H,53,65)(H,54,61)(H,55,63)(H,56,62)/t31-,32+,36-,37-,38-,40-,41-,42-,43+/m0/s1. The Morgan fingerprint density at radius 2 is 1.43 bits per heavy atom. The quantitative estimate of drug-likeness (QED) is 0.112. The Labute approximate surface area is 411 Å². The number of ether oxygens (including phenoxy) is 2. The Morgan fingerprint density at radius 3 is 1.94 bits per heavy atom. The molecular weight excluding hydrogens is 936 g/mol. The number of nitrogens with zero attached hydrogens (tertiary/aromatic N) is 3. The van der Waals surface area contributed by atoms with Gasteiger partial charge in [-0.05, 0) is 68.0 Å². The van der Waals surface area contributed by atoms with Gasteiger partial charge in [0.15, 0.2) is 0 Å². The van der Waals surface area contributed by atoms with Crippen LogP contribution < -0.4 is 20.7 Å². The maximum absolute atomic E-state index is 14.4. The first-order valence-electron chi connectivity index (χ1n) is 23.6. The van der Waals surface area contributed by atoms with Crippen molar-refractivity contribution in [3.63, 3.8) is 0 Å². The summed E-state index contributed by atoms with van der Waals surface area (Å²) in [5.74, 6) is -6.13. The Bertz CT molecular complexity index is 2170. The maximum Gasteiger partial charge on any atom is 0.471 e. The van der Waals surface area contributed by atoms with E-state index in [0.29, 0.717) is 31.4 Å². The molecule has 1 heterocycles. The van der Waals surface area contributed by atoms with Crippen LogP contribution >= 0.6 is 0 Å². The smallest absolute Gasteiger partial charge is 0.379 e. The highest BCUT2D eigenvalue weighted by molar-refractivity contribution is 7.90. The number of hydrogen-bond donors (Lipinski definition) is 4. The number of benzene rings is 2. The van der Waals surface area contributed by atoms with E-state index >= 15 is 0 Å². The molecule has 4 N–H and O–H groups in total. The van der Waals surface area contributed by atoms with Gasteiger partial charge < -0.3 is 35.2 Å². The summed E-state index contributed by atoms with van der Waals surface area (Å²) >= 11 is 0. The van der Waals surface area contributed by atoms with E-state index < -0.39 is 93.7 Å². The normalized spacial score (nSPS) is 17.7. The summed E-state index contributed by atoms with van der Waals surface area (Å²) < 4.78 is 78.7. The van der Waals surface area contributed by atoms with Crippen LogP contribution in [0.1, 0.15) is 85.3 Å². The van der Waals surface area contributed by atoms with Crippen molar-refractivity contribution in [2.75, 3.05) is 41.9 Å². The highest BCUT2D eigenvalue weighted by atomic mass is 32.2. The topological polar surface area (TPSA) is 213 Å². The number of amides is 6. The van der Waals surface area contributed by atoms with Gasteiger partial charge in [0.2, 0.25) is 23.6 Å². The van der Waals surface area contributed by atoms with E-state index in [4.69, 9.17) is 9.47 Å². The van der Waals surface area contributed by atoms with Crippen molar-refractivity contribution in [1.29, 1.82) is 0 Å². The molecule has 21 heteroatoms. The van der Waals surface area contributed by atoms with Crippen molar-refractivity contribution in [3.05, 3.63) is 65.7 Å². The van der Waals surface area contributed by atoms with Gasteiger partial charge in [0.25, 0.3) is 15.9 Å². The van der Waals surface area contributed by atoms with Crippen molar-refractivity contribution >= 4 is 45.5 Å². The van der Waals surface area contributed by atoms with Crippen LogP contribution in [0.15, 0.2) is 59.5 Å². The lowest BCUT2D eigenvalue weighted by Crippen LogP contribution is -2.59. The van der Waals surface area contributed by atoms with E-state index in [1.54, 1.807) is 59.4 Å². The van der Waals surface area contributed by atoms with Crippen LogP contribution in [-0.4, -0.2) is 149 Å². The third kappa shape index (κ3) is 15.9. The van der Waals surface area contributed by atoms with Gasteiger partial charge in [0, 0.05) is 40.8 Å². The molecular formula is C49H74F3N7O10S. The van der Waals surface area contributed by atoms with Crippen molar-refractivity contribution in [2.24, 2.45) is 23.7 Å². The monoisotopic (exact) mass is 1010 g/mol. The molecule has 0 aliphatic carbocycles. The summed E-state index contributed by atoms with van der Waals surface area (Å²) in [5, 5.41) is 7.39. The number of halogens is 3. The lowest BCUT2D eigenvalue weighted by Gasteiger charge is -2.41. The molecule has 0 bridgehead atoms. The summed E-state index contributed by atoms with van der Waals surface area (Å²) in [6.07, 6.45) is -5.24. The number of rotatable bonds is 25. The average molecular weight is 1010 g/mol. The van der Waals surface area contributed by atoms with Gasteiger partial charge in [-0.3, -0.25) is 33.7 Å². The fourth-order valence-electron chi connectivity index (χ4n) is 9.11. The van der Waals surface area contributed by atoms with Gasteiger partial charge in [-0.15, -0.1) is 0 Å². The van der Waals surface area contributed by atoms with Gasteiger partial charge in [-0.2, -0.15) is 13.2 Å². The van der Waals surface area contributed by atoms with E-state index in [0.717, 1.165) is 12.1 Å². The van der Waals surface area contributed by atoms with Crippen LogP contribution in [0, 0.1) is 23.7 Å². The number of methoxy groups -OCH3 is 2. The molecule has 1 aliphatic heterocycles. The van der Waals surface area contributed by atoms with Crippen LogP contribution in [0.3, 0.4) is 0 Å². The highest BCUT2D eigenvalue weighted by Crippen LogP contribution is 2.30. The number of sulfonamides is 1. The minimum Gasteiger partial charge on any atom is -0.379 e. The SMILES string of the molecule is CC[C@H](C)[C@@H]([C@H](CC(=O)N1CCC[C@H]1[C@H](OC)[C@@H](C)C(=O)N[C@@H](Cc1ccccc1)C(=O)NS(=O)(=O)c1ccc(CNC(=O)C(F)(F)F)cc1)OC)N(C)C(=O)[C@@H](NC(=O)[C@H](C(C)C)N(C)C)C(C)C. The largest absolute Gasteiger partial charge is 0.471 e. The van der Waals surface area contributed by atoms with Crippen LogP contribution in [-0.2, 0) is 61.2 Å². The number of carbonyl (C=O) groups excluding carboxylic acids is 6. The minimum atomic E-state index is -5.10. The molecule has 0 unspecified atom stereocenters. The summed E-state index contributed by atoms with van der Waals surface area (Å²) in [7, 11) is 3.62. The van der Waals surface area contributed by atoms with Crippen LogP contribution in [0.2, 0.25) is 0 Å². The molecule has 9 atom stereocenters. The van der Waals surface area contributed by atoms with Gasteiger partial charge in [-0.25, -0.2) is 13.1 Å². The molecule has 0 saturated carbocycles. The number of nitrogens with one attached hydrogen (secondary N) is 4. The molecule has 0 radical (unpaired) electrons. The maximum atomic E-state index is 14.4. The molecule has 17 nitrogen and oxygen atoms in total. The lowest BCUT2D eigenvalue weighted by molar-refractivity contribution is -0.173. The predicted octanol–water partition coefficient (Wildman–Crippen LogP) is 4.04. The van der Waals surface area contributed by atoms with Crippen LogP contribution in [0.4, 0.5) is 13.2 Å². The van der Waals surface area contributed by atoms with Gasteiger partial charge in [-0.1, -0.05) is 97.4 Å². The van der Waals surface area contributed by atoms with Gasteiger partial charge in [0.1, 0.15) is 12.1 Å². The third-order valence-corrected chi connectivity index (χ3v) is 14.4. The zero-order chi connectivity index (χ0) is 52.8. The van der Waals surface area contributed by atoms with E-state index in [-0.39, 0.29) is 53.9 Å². The number of alkyl halides is 3. The van der Waals surface area contributed by atoms with Crippen LogP contribution in [0.5, 0.6) is 0 Å². The lowest BCUT2D eigenvalue weighted by atomic mass is 9.89. The Hall–Kier alpha value is -5.12. The first kappa shape index (κ1) is 59.2. The minimum absolute atomic E-state index is 0.0156. The van der Waals surface area contributed by atoms with Crippen molar-refractivity contribution in [2.45, 2.75) is 141 Å². The molecule has 1 saturated heterocycles. The first-order chi connectivity index (χ1) is 32.7. The number of carbonyl (C=O) groups is 6. The first-order valence-corrected chi connectivity index (χ1v) is 25.1. The second-order valence-electron chi connectivity index (χ2n) is 19.0. The number of likely N-dealkylation sites (tertiary alicyclic amines) is 1. The predicted molar refractivity (Wildman–Crippen MR) is 257 cm³/mol. The molecule has 0 spiro atoms. The Balaban J connectivity index is 1.82. The number of hydrogen-bond acceptors (Lipinski definition) is 11. The molecule has 1 fully saturated rings. The zero-order valence-electron chi connectivity index (χ0n) is 42.5. The fourth-order valence-corrected chi connectivity index (χ4v) is 10.1. The number of likely N-dealkylation sites (N-methyl/N-ethyl adjacent to an activating group) is 2. The molecule has 2 aromatic carbocycles. The second-order valence-corrected chi connectivity index (χ2v) is 20.7. The summed E-state index contributed by atoms with van der Waals surface area (Å²) in [6.45, 7) is 13.0. The molecule has 70 heavy (non-hydrogen) atoms. The zero-order valence-corrected chi connectivity index (χ0v) is 43.3. The third-order valence-electron chi connectivity index (χ3n) is 13.0. The summed E-state index contributed by atoms with van der Waals surface area (Å²) in [5.41, 5.74) is 0.756.